The number of esters is 1. The van der Waals surface area contributed by atoms with Crippen molar-refractivity contribution in [1.29, 1.82) is 5.26 Å². The molecule has 24 heavy (non-hydrogen) atoms. The third kappa shape index (κ3) is 4.54. The van der Waals surface area contributed by atoms with Crippen molar-refractivity contribution in [3.63, 3.8) is 0 Å². The van der Waals surface area contributed by atoms with Crippen LogP contribution in [0.3, 0.4) is 0 Å². The summed E-state index contributed by atoms with van der Waals surface area (Å²) >= 11 is 0. The molecule has 1 aliphatic heterocycles. The molecule has 1 fully saturated rings. The SMILES string of the molecule is N#Cc1cc(C(=O)COC(=O)CC(=O)O)ccc1N1CCOCC1. The second-order valence-corrected chi connectivity index (χ2v) is 5.10. The minimum Gasteiger partial charge on any atom is -0.481 e. The summed E-state index contributed by atoms with van der Waals surface area (Å²) in [6.45, 7) is 1.91. The van der Waals surface area contributed by atoms with Gasteiger partial charge in [0.05, 0.1) is 24.5 Å². The molecule has 0 saturated carbocycles. The van der Waals surface area contributed by atoms with Crippen LogP contribution in [0.15, 0.2) is 18.2 Å². The molecule has 0 bridgehead atoms. The molecule has 0 aromatic heterocycles. The standard InChI is InChI=1S/C16H16N2O6/c17-9-12-7-11(14(19)10-24-16(22)8-15(20)21)1-2-13(12)18-3-5-23-6-4-18/h1-2,7H,3-6,8,10H2,(H,20,21). The summed E-state index contributed by atoms with van der Waals surface area (Å²) in [5.74, 6) is -2.81. The van der Waals surface area contributed by atoms with Crippen molar-refractivity contribution < 1.29 is 29.0 Å². The number of aliphatic carboxylic acids is 1. The summed E-state index contributed by atoms with van der Waals surface area (Å²) in [4.78, 5) is 35.5. The van der Waals surface area contributed by atoms with Crippen LogP contribution in [-0.2, 0) is 19.1 Å². The van der Waals surface area contributed by atoms with Gasteiger partial charge < -0.3 is 19.5 Å². The number of carbonyl (C=O) groups is 3. The summed E-state index contributed by atoms with van der Waals surface area (Å²) in [7, 11) is 0. The molecule has 0 aliphatic carbocycles. The maximum absolute atomic E-state index is 12.0. The highest BCUT2D eigenvalue weighted by Gasteiger charge is 2.18. The number of ether oxygens (including phenoxy) is 2. The Hall–Kier alpha value is -2.92. The van der Waals surface area contributed by atoms with Gasteiger partial charge in [-0.05, 0) is 18.2 Å². The predicted molar refractivity (Wildman–Crippen MR) is 81.7 cm³/mol. The molecule has 2 rings (SSSR count). The van der Waals surface area contributed by atoms with Gasteiger partial charge in [0.1, 0.15) is 12.5 Å². The average Bonchev–Trinajstić information content (AvgIpc) is 2.59. The van der Waals surface area contributed by atoms with Crippen molar-refractivity contribution in [3.05, 3.63) is 29.3 Å². The van der Waals surface area contributed by atoms with Crippen molar-refractivity contribution >= 4 is 23.4 Å². The highest BCUT2D eigenvalue weighted by Crippen LogP contribution is 2.22. The van der Waals surface area contributed by atoms with Crippen molar-refractivity contribution in [1.82, 2.24) is 0 Å². The Morgan fingerprint density at radius 2 is 2.00 bits per heavy atom. The molecule has 0 radical (unpaired) electrons. The van der Waals surface area contributed by atoms with E-state index in [0.717, 1.165) is 5.69 Å². The quantitative estimate of drug-likeness (QED) is 0.457. The first-order valence-electron chi connectivity index (χ1n) is 7.28. The van der Waals surface area contributed by atoms with Crippen LogP contribution < -0.4 is 4.90 Å². The molecule has 1 aromatic carbocycles. The second-order valence-electron chi connectivity index (χ2n) is 5.10. The van der Waals surface area contributed by atoms with E-state index in [1.54, 1.807) is 12.1 Å². The Labute approximate surface area is 138 Å². The zero-order valence-electron chi connectivity index (χ0n) is 12.9. The Morgan fingerprint density at radius 3 is 2.62 bits per heavy atom. The fraction of sp³-hybridized carbons (Fsp3) is 0.375. The van der Waals surface area contributed by atoms with Gasteiger partial charge in [-0.25, -0.2) is 0 Å². The molecule has 1 aliphatic rings. The fourth-order valence-electron chi connectivity index (χ4n) is 2.28. The van der Waals surface area contributed by atoms with Crippen molar-refractivity contribution in [3.8, 4) is 6.07 Å². The van der Waals surface area contributed by atoms with Crippen molar-refractivity contribution in [2.24, 2.45) is 0 Å². The zero-order chi connectivity index (χ0) is 17.5. The van der Waals surface area contributed by atoms with Crippen LogP contribution in [0.2, 0.25) is 0 Å². The normalized spacial score (nSPS) is 13.9. The van der Waals surface area contributed by atoms with E-state index in [1.807, 2.05) is 4.90 Å². The molecular formula is C16H16N2O6. The van der Waals surface area contributed by atoms with Gasteiger partial charge in [-0.1, -0.05) is 0 Å². The maximum Gasteiger partial charge on any atom is 0.317 e. The summed E-state index contributed by atoms with van der Waals surface area (Å²) in [5, 5.41) is 17.8. The number of morpholine rings is 1. The number of nitriles is 1. The average molecular weight is 332 g/mol. The zero-order valence-corrected chi connectivity index (χ0v) is 12.9. The van der Waals surface area contributed by atoms with Gasteiger partial charge in [-0.3, -0.25) is 14.4 Å². The first-order valence-corrected chi connectivity index (χ1v) is 7.28. The number of carboxylic acids is 1. The lowest BCUT2D eigenvalue weighted by Crippen LogP contribution is -2.36. The lowest BCUT2D eigenvalue weighted by atomic mass is 10.1. The monoisotopic (exact) mass is 332 g/mol. The van der Waals surface area contributed by atoms with Crippen molar-refractivity contribution in [2.45, 2.75) is 6.42 Å². The van der Waals surface area contributed by atoms with E-state index in [9.17, 15) is 19.6 Å². The molecule has 0 atom stereocenters. The summed E-state index contributed by atoms with van der Waals surface area (Å²) in [5.41, 5.74) is 1.30. The first kappa shape index (κ1) is 17.4. The minimum atomic E-state index is -1.32. The summed E-state index contributed by atoms with van der Waals surface area (Å²) < 4.78 is 9.88. The van der Waals surface area contributed by atoms with Crippen molar-refractivity contribution in [2.75, 3.05) is 37.8 Å². The van der Waals surface area contributed by atoms with Crippen LogP contribution in [0.1, 0.15) is 22.3 Å². The van der Waals surface area contributed by atoms with Gasteiger partial charge in [-0.2, -0.15) is 5.26 Å². The van der Waals surface area contributed by atoms with E-state index in [2.05, 4.69) is 10.8 Å². The van der Waals surface area contributed by atoms with E-state index < -0.39 is 30.7 Å². The largest absolute Gasteiger partial charge is 0.481 e. The predicted octanol–water partition coefficient (Wildman–Crippen LogP) is 0.595. The van der Waals surface area contributed by atoms with Crippen LogP contribution in [0.4, 0.5) is 5.69 Å². The van der Waals surface area contributed by atoms with Gasteiger partial charge in [0.2, 0.25) is 0 Å². The lowest BCUT2D eigenvalue weighted by Gasteiger charge is -2.29. The van der Waals surface area contributed by atoms with Gasteiger partial charge in [-0.15, -0.1) is 0 Å². The third-order valence-electron chi connectivity index (χ3n) is 3.45. The number of Topliss-reactive ketones (excluding diaryl/α,β-unsaturated/α-hetero) is 1. The number of carbonyl (C=O) groups excluding carboxylic acids is 2. The molecular weight excluding hydrogens is 316 g/mol. The lowest BCUT2D eigenvalue weighted by molar-refractivity contribution is -0.150. The topological polar surface area (TPSA) is 117 Å². The van der Waals surface area contributed by atoms with Gasteiger partial charge in [0.15, 0.2) is 12.4 Å². The van der Waals surface area contributed by atoms with Gasteiger partial charge in [0, 0.05) is 18.7 Å². The van der Waals surface area contributed by atoms with Crippen LogP contribution in [0.5, 0.6) is 0 Å². The van der Waals surface area contributed by atoms with E-state index in [1.165, 1.54) is 6.07 Å². The Balaban J connectivity index is 2.05. The number of benzene rings is 1. The number of rotatable bonds is 6. The Kier molecular flexibility index (Phi) is 5.87. The molecule has 0 unspecified atom stereocenters. The third-order valence-corrected chi connectivity index (χ3v) is 3.45. The summed E-state index contributed by atoms with van der Waals surface area (Å²) in [6, 6.07) is 6.73. The highest BCUT2D eigenvalue weighted by atomic mass is 16.5. The molecule has 1 aromatic rings. The number of hydrogen-bond donors (Lipinski definition) is 1. The second kappa shape index (κ2) is 8.08. The molecule has 1 heterocycles. The Bertz CT molecular complexity index is 688. The number of hydrogen-bond acceptors (Lipinski definition) is 7. The molecule has 8 heteroatoms. The van der Waals surface area contributed by atoms with Crippen LogP contribution in [0.25, 0.3) is 0 Å². The highest BCUT2D eigenvalue weighted by molar-refractivity contribution is 5.99. The van der Waals surface area contributed by atoms with Crippen LogP contribution in [-0.4, -0.2) is 55.7 Å². The van der Waals surface area contributed by atoms with E-state index >= 15 is 0 Å². The molecule has 1 saturated heterocycles. The number of nitrogens with zero attached hydrogens (tertiary/aromatic N) is 2. The maximum atomic E-state index is 12.0. The van der Waals surface area contributed by atoms with Crippen LogP contribution >= 0.6 is 0 Å². The Morgan fingerprint density at radius 1 is 1.29 bits per heavy atom. The molecule has 0 amide bonds. The van der Waals surface area contributed by atoms with E-state index in [4.69, 9.17) is 9.84 Å². The molecule has 0 spiro atoms. The smallest absolute Gasteiger partial charge is 0.317 e. The van der Waals surface area contributed by atoms with E-state index in [-0.39, 0.29) is 5.56 Å². The number of carboxylic acid groups (broad SMARTS) is 1. The number of anilines is 1. The molecule has 126 valence electrons. The molecule has 1 N–H and O–H groups in total. The number of ketones is 1. The summed E-state index contributed by atoms with van der Waals surface area (Å²) in [6.07, 6.45) is -0.799. The molecule has 8 nitrogen and oxygen atoms in total. The fourth-order valence-corrected chi connectivity index (χ4v) is 2.28. The van der Waals surface area contributed by atoms with E-state index in [0.29, 0.717) is 31.9 Å². The minimum absolute atomic E-state index is 0.228. The van der Waals surface area contributed by atoms with Crippen LogP contribution in [0, 0.1) is 11.3 Å². The van der Waals surface area contributed by atoms with Gasteiger partial charge >= 0.3 is 11.9 Å². The van der Waals surface area contributed by atoms with Gasteiger partial charge in [0.25, 0.3) is 0 Å². The first-order chi connectivity index (χ1) is 11.5.